The Morgan fingerprint density at radius 1 is 1.29 bits per heavy atom. The van der Waals surface area contributed by atoms with Crippen LogP contribution in [0.4, 0.5) is 13.2 Å². The maximum absolute atomic E-state index is 12.8. The topological polar surface area (TPSA) is 43.9 Å². The van der Waals surface area contributed by atoms with Gasteiger partial charge in [0, 0.05) is 17.8 Å². The lowest BCUT2D eigenvalue weighted by Gasteiger charge is -2.10. The Balaban J connectivity index is 2.22. The van der Waals surface area contributed by atoms with Gasteiger partial charge in [-0.1, -0.05) is 29.8 Å². The van der Waals surface area contributed by atoms with Crippen molar-refractivity contribution >= 4 is 28.7 Å². The van der Waals surface area contributed by atoms with E-state index in [0.717, 1.165) is 17.6 Å². The summed E-state index contributed by atoms with van der Waals surface area (Å²) in [5.74, 6) is 0.161. The lowest BCUT2D eigenvalue weighted by Crippen LogP contribution is -2.07. The van der Waals surface area contributed by atoms with E-state index in [2.05, 4.69) is 4.98 Å². The molecular formula is C16H11ClF3N3O. The third-order valence-corrected chi connectivity index (χ3v) is 3.72. The minimum atomic E-state index is -4.52. The fourth-order valence-electron chi connectivity index (χ4n) is 2.44. The van der Waals surface area contributed by atoms with Gasteiger partial charge in [-0.2, -0.15) is 13.2 Å². The van der Waals surface area contributed by atoms with Crippen molar-refractivity contribution in [2.24, 2.45) is 0 Å². The Morgan fingerprint density at radius 2 is 2.00 bits per heavy atom. The number of fused-ring (bicyclic) bond motifs is 1. The molecule has 0 aliphatic rings. The molecule has 0 unspecified atom stereocenters. The molecule has 0 spiro atoms. The number of nitrogens with zero attached hydrogens (tertiary/aromatic N) is 3. The molecule has 1 aromatic carbocycles. The molecule has 0 aliphatic heterocycles. The highest BCUT2D eigenvalue weighted by atomic mass is 35.5. The molecule has 2 aromatic heterocycles. The summed E-state index contributed by atoms with van der Waals surface area (Å²) in [6, 6.07) is 7.99. The zero-order valence-corrected chi connectivity index (χ0v) is 13.1. The molecular weight excluding hydrogens is 343 g/mol. The second-order valence-corrected chi connectivity index (χ2v) is 5.58. The van der Waals surface area contributed by atoms with E-state index < -0.39 is 11.7 Å². The van der Waals surface area contributed by atoms with Crippen molar-refractivity contribution in [1.82, 2.24) is 9.55 Å². The fourth-order valence-corrected chi connectivity index (χ4v) is 2.70. The van der Waals surface area contributed by atoms with Crippen molar-refractivity contribution in [3.63, 3.8) is 0 Å². The minimum Gasteiger partial charge on any atom is -0.624 e. The average molecular weight is 354 g/mol. The van der Waals surface area contributed by atoms with E-state index in [-0.39, 0.29) is 10.8 Å². The number of pyridine rings is 1. The molecule has 0 fully saturated rings. The SMILES string of the molecule is C[N+]([O-])=Cc1cn(-c2ncc(C(F)(F)F)cc2Cl)c2ccccc12. The smallest absolute Gasteiger partial charge is 0.417 e. The summed E-state index contributed by atoms with van der Waals surface area (Å²) in [6.07, 6.45) is -0.797. The summed E-state index contributed by atoms with van der Waals surface area (Å²) in [6.45, 7) is 0. The van der Waals surface area contributed by atoms with E-state index in [4.69, 9.17) is 11.6 Å². The van der Waals surface area contributed by atoms with Gasteiger partial charge in [-0.25, -0.2) is 9.72 Å². The van der Waals surface area contributed by atoms with Crippen molar-refractivity contribution < 1.29 is 17.9 Å². The summed E-state index contributed by atoms with van der Waals surface area (Å²) in [7, 11) is 1.34. The fraction of sp³-hybridized carbons (Fsp3) is 0.125. The Labute approximate surface area is 140 Å². The number of hydrogen-bond donors (Lipinski definition) is 0. The number of hydroxylamine groups is 1. The van der Waals surface area contributed by atoms with Crippen LogP contribution in [0.2, 0.25) is 5.02 Å². The van der Waals surface area contributed by atoms with Gasteiger partial charge in [-0.15, -0.1) is 0 Å². The van der Waals surface area contributed by atoms with E-state index in [1.807, 2.05) is 0 Å². The number of halogens is 4. The maximum atomic E-state index is 12.8. The number of rotatable bonds is 2. The van der Waals surface area contributed by atoms with Crippen LogP contribution in [0.5, 0.6) is 0 Å². The second kappa shape index (κ2) is 5.83. The van der Waals surface area contributed by atoms with Gasteiger partial charge in [0.15, 0.2) is 12.0 Å². The third kappa shape index (κ3) is 2.94. The first kappa shape index (κ1) is 16.3. The molecule has 0 atom stereocenters. The highest BCUT2D eigenvalue weighted by molar-refractivity contribution is 6.32. The van der Waals surface area contributed by atoms with E-state index in [1.165, 1.54) is 13.3 Å². The summed E-state index contributed by atoms with van der Waals surface area (Å²) in [5, 5.41) is 11.9. The van der Waals surface area contributed by atoms with Crippen LogP contribution < -0.4 is 0 Å². The van der Waals surface area contributed by atoms with Crippen LogP contribution in [0.1, 0.15) is 11.1 Å². The van der Waals surface area contributed by atoms with Gasteiger partial charge in [0.2, 0.25) is 0 Å². The van der Waals surface area contributed by atoms with Gasteiger partial charge in [-0.3, -0.25) is 4.57 Å². The van der Waals surface area contributed by atoms with E-state index in [9.17, 15) is 18.4 Å². The molecule has 0 amide bonds. The second-order valence-electron chi connectivity index (χ2n) is 5.17. The van der Waals surface area contributed by atoms with Gasteiger partial charge in [-0.05, 0) is 12.1 Å². The molecule has 124 valence electrons. The highest BCUT2D eigenvalue weighted by Gasteiger charge is 2.31. The summed E-state index contributed by atoms with van der Waals surface area (Å²) in [5.41, 5.74) is 0.374. The normalized spacial score (nSPS) is 12.8. The van der Waals surface area contributed by atoms with Crippen molar-refractivity contribution in [2.75, 3.05) is 7.05 Å². The molecule has 0 bridgehead atoms. The zero-order chi connectivity index (χ0) is 17.5. The molecule has 0 saturated carbocycles. The lowest BCUT2D eigenvalue weighted by molar-refractivity contribution is -0.416. The Kier molecular flexibility index (Phi) is 3.96. The first-order valence-electron chi connectivity index (χ1n) is 6.85. The molecule has 0 N–H and O–H groups in total. The van der Waals surface area contributed by atoms with Crippen LogP contribution in [0, 0.1) is 5.21 Å². The van der Waals surface area contributed by atoms with Crippen molar-refractivity contribution in [3.8, 4) is 5.82 Å². The molecule has 0 aliphatic carbocycles. The molecule has 0 radical (unpaired) electrons. The molecule has 4 nitrogen and oxygen atoms in total. The first-order chi connectivity index (χ1) is 11.3. The number of alkyl halides is 3. The summed E-state index contributed by atoms with van der Waals surface area (Å²) in [4.78, 5) is 3.86. The molecule has 24 heavy (non-hydrogen) atoms. The van der Waals surface area contributed by atoms with Gasteiger partial charge < -0.3 is 5.21 Å². The van der Waals surface area contributed by atoms with Crippen molar-refractivity contribution in [2.45, 2.75) is 6.18 Å². The van der Waals surface area contributed by atoms with Crippen LogP contribution in [-0.2, 0) is 6.18 Å². The minimum absolute atomic E-state index is 0.132. The number of benzene rings is 1. The van der Waals surface area contributed by atoms with E-state index >= 15 is 0 Å². The van der Waals surface area contributed by atoms with E-state index in [1.54, 1.807) is 35.0 Å². The monoisotopic (exact) mass is 353 g/mol. The highest BCUT2D eigenvalue weighted by Crippen LogP contribution is 2.33. The predicted molar refractivity (Wildman–Crippen MR) is 85.8 cm³/mol. The zero-order valence-electron chi connectivity index (χ0n) is 12.4. The maximum Gasteiger partial charge on any atom is 0.417 e. The van der Waals surface area contributed by atoms with Crippen LogP contribution >= 0.6 is 11.6 Å². The van der Waals surface area contributed by atoms with E-state index in [0.29, 0.717) is 15.8 Å². The predicted octanol–water partition coefficient (Wildman–Crippen LogP) is 4.26. The Morgan fingerprint density at radius 3 is 2.62 bits per heavy atom. The summed E-state index contributed by atoms with van der Waals surface area (Å²) >= 11 is 6.02. The standard InChI is InChI=1S/C16H11ClF3N3O/c1-22(24)8-10-9-23(14-5-3-2-4-12(10)14)15-13(17)6-11(7-21-15)16(18,19)20/h2-9H,1H3. The third-order valence-electron chi connectivity index (χ3n) is 3.44. The Bertz CT molecular complexity index is 943. The van der Waals surface area contributed by atoms with Crippen LogP contribution in [-0.4, -0.2) is 27.6 Å². The van der Waals surface area contributed by atoms with Crippen molar-refractivity contribution in [3.05, 3.63) is 64.1 Å². The first-order valence-corrected chi connectivity index (χ1v) is 7.23. The molecule has 2 heterocycles. The largest absolute Gasteiger partial charge is 0.624 e. The van der Waals surface area contributed by atoms with Crippen LogP contribution in [0.3, 0.4) is 0 Å². The lowest BCUT2D eigenvalue weighted by atomic mass is 10.2. The van der Waals surface area contributed by atoms with Crippen molar-refractivity contribution in [1.29, 1.82) is 0 Å². The van der Waals surface area contributed by atoms with Gasteiger partial charge in [0.25, 0.3) is 0 Å². The molecule has 8 heteroatoms. The summed E-state index contributed by atoms with van der Waals surface area (Å²) < 4.78 is 40.5. The van der Waals surface area contributed by atoms with Gasteiger partial charge in [0.1, 0.15) is 7.05 Å². The molecule has 3 aromatic rings. The van der Waals surface area contributed by atoms with Crippen LogP contribution in [0.25, 0.3) is 16.7 Å². The molecule has 0 saturated heterocycles. The average Bonchev–Trinajstić information content (AvgIpc) is 2.84. The van der Waals surface area contributed by atoms with Crippen LogP contribution in [0.15, 0.2) is 42.7 Å². The van der Waals surface area contributed by atoms with Gasteiger partial charge >= 0.3 is 6.18 Å². The number of hydrogen-bond acceptors (Lipinski definition) is 2. The quantitative estimate of drug-likeness (QED) is 0.299. The van der Waals surface area contributed by atoms with Gasteiger partial charge in [0.05, 0.1) is 21.7 Å². The number of aromatic nitrogens is 2. The number of para-hydroxylation sites is 1. The molecule has 3 rings (SSSR count). The Hall–Kier alpha value is -2.54.